The first-order valence-electron chi connectivity index (χ1n) is 8.50. The fourth-order valence-corrected chi connectivity index (χ4v) is 5.90. The Balaban J connectivity index is 2.40. The molecule has 0 unspecified atom stereocenters. The van der Waals surface area contributed by atoms with Gasteiger partial charge in [-0.2, -0.15) is 0 Å². The Labute approximate surface area is 140 Å². The summed E-state index contributed by atoms with van der Waals surface area (Å²) >= 11 is 1.88. The minimum Gasteiger partial charge on any atom is -0.374 e. The molecule has 0 radical (unpaired) electrons. The molecule has 1 aliphatic rings. The van der Waals surface area contributed by atoms with E-state index in [0.29, 0.717) is 32.5 Å². The van der Waals surface area contributed by atoms with Crippen LogP contribution in [0.4, 0.5) is 0 Å². The van der Waals surface area contributed by atoms with Gasteiger partial charge in [0.1, 0.15) is 5.44 Å². The van der Waals surface area contributed by atoms with Gasteiger partial charge in [0.05, 0.1) is 6.61 Å². The number of rotatable bonds is 13. The van der Waals surface area contributed by atoms with Gasteiger partial charge in [0.15, 0.2) is 6.29 Å². The van der Waals surface area contributed by atoms with Crippen LogP contribution in [0.25, 0.3) is 0 Å². The molecule has 0 spiro atoms. The quantitative estimate of drug-likeness (QED) is 0.372. The molecule has 0 N–H and O–H groups in total. The molecule has 132 valence electrons. The van der Waals surface area contributed by atoms with Crippen LogP contribution in [0.1, 0.15) is 47.0 Å². The van der Waals surface area contributed by atoms with Crippen molar-refractivity contribution in [3.05, 3.63) is 0 Å². The molecule has 1 saturated heterocycles. The van der Waals surface area contributed by atoms with Crippen LogP contribution < -0.4 is 0 Å². The molecule has 1 rings (SSSR count). The third-order valence-electron chi connectivity index (χ3n) is 3.33. The van der Waals surface area contributed by atoms with Crippen LogP contribution in [0.2, 0.25) is 6.04 Å². The lowest BCUT2D eigenvalue weighted by Crippen LogP contribution is -2.47. The molecule has 0 aromatic heterocycles. The van der Waals surface area contributed by atoms with Gasteiger partial charge in [0.2, 0.25) is 0 Å². The molecule has 5 nitrogen and oxygen atoms in total. The summed E-state index contributed by atoms with van der Waals surface area (Å²) in [6.45, 7) is 10.3. The third kappa shape index (κ3) is 7.29. The van der Waals surface area contributed by atoms with Gasteiger partial charge in [-0.15, -0.1) is 11.8 Å². The van der Waals surface area contributed by atoms with E-state index in [1.165, 1.54) is 12.2 Å². The summed E-state index contributed by atoms with van der Waals surface area (Å²) in [6, 6.07) is 0.667. The zero-order valence-electron chi connectivity index (χ0n) is 14.5. The average Bonchev–Trinajstić information content (AvgIpc) is 3.00. The highest BCUT2D eigenvalue weighted by Crippen LogP contribution is 2.29. The lowest BCUT2D eigenvalue weighted by molar-refractivity contribution is -0.150. The van der Waals surface area contributed by atoms with Crippen LogP contribution in [0.5, 0.6) is 0 Å². The molecule has 22 heavy (non-hydrogen) atoms. The lowest BCUT2D eigenvalue weighted by Gasteiger charge is -2.29. The molecule has 2 atom stereocenters. The van der Waals surface area contributed by atoms with Gasteiger partial charge in [-0.3, -0.25) is 0 Å². The summed E-state index contributed by atoms with van der Waals surface area (Å²) < 4.78 is 29.4. The third-order valence-corrected chi connectivity index (χ3v) is 7.57. The van der Waals surface area contributed by atoms with E-state index in [9.17, 15) is 0 Å². The predicted molar refractivity (Wildman–Crippen MR) is 92.0 cm³/mol. The highest BCUT2D eigenvalue weighted by atomic mass is 32.2. The average molecular weight is 353 g/mol. The van der Waals surface area contributed by atoms with Gasteiger partial charge in [-0.05, 0) is 45.8 Å². The monoisotopic (exact) mass is 352 g/mol. The standard InChI is InChI=1S/C15H32O5SSi/c1-5-14(20-15-10-9-12-21-15)16-11-13-22(17-6-2,18-7-3)19-8-4/h14-15H,5-13H2,1-4H3/t14-,15-/m1/s1. The maximum absolute atomic E-state index is 5.99. The second kappa shape index (κ2) is 11.8. The summed E-state index contributed by atoms with van der Waals surface area (Å²) in [7, 11) is -2.61. The first kappa shape index (κ1) is 20.4. The van der Waals surface area contributed by atoms with Gasteiger partial charge >= 0.3 is 8.80 Å². The normalized spacial score (nSPS) is 20.5. The van der Waals surface area contributed by atoms with Gasteiger partial charge in [0, 0.05) is 25.9 Å². The second-order valence-electron chi connectivity index (χ2n) is 5.02. The molecule has 1 aliphatic heterocycles. The van der Waals surface area contributed by atoms with Crippen LogP contribution in [-0.4, -0.2) is 52.7 Å². The highest BCUT2D eigenvalue weighted by molar-refractivity contribution is 8.00. The van der Waals surface area contributed by atoms with Crippen molar-refractivity contribution in [2.45, 2.75) is 64.7 Å². The van der Waals surface area contributed by atoms with Gasteiger partial charge in [0.25, 0.3) is 0 Å². The first-order valence-corrected chi connectivity index (χ1v) is 11.5. The Morgan fingerprint density at radius 2 is 1.68 bits per heavy atom. The Morgan fingerprint density at radius 1 is 1.05 bits per heavy atom. The van der Waals surface area contributed by atoms with Gasteiger partial charge < -0.3 is 22.8 Å². The minimum atomic E-state index is -2.61. The van der Waals surface area contributed by atoms with Crippen molar-refractivity contribution in [2.75, 3.05) is 32.2 Å². The van der Waals surface area contributed by atoms with Crippen LogP contribution in [0.3, 0.4) is 0 Å². The molecule has 7 heteroatoms. The molecule has 0 aliphatic carbocycles. The molecule has 0 aromatic carbocycles. The molecular formula is C15H32O5SSi. The Hall–Kier alpha value is 0.367. The van der Waals surface area contributed by atoms with E-state index >= 15 is 0 Å². The Bertz CT molecular complexity index is 260. The molecule has 0 saturated carbocycles. The highest BCUT2D eigenvalue weighted by Gasteiger charge is 2.40. The summed E-state index contributed by atoms with van der Waals surface area (Å²) in [6.07, 6.45) is 3.07. The van der Waals surface area contributed by atoms with Crippen molar-refractivity contribution < 1.29 is 22.8 Å². The van der Waals surface area contributed by atoms with E-state index in [0.717, 1.165) is 12.8 Å². The van der Waals surface area contributed by atoms with Crippen molar-refractivity contribution in [3.8, 4) is 0 Å². The Morgan fingerprint density at radius 3 is 2.14 bits per heavy atom. The number of ether oxygens (including phenoxy) is 2. The lowest BCUT2D eigenvalue weighted by atomic mass is 10.3. The SMILES string of the molecule is CCO[Si](CCO[C@@H](CC)O[C@H]1CCCS1)(OCC)OCC. The van der Waals surface area contributed by atoms with E-state index < -0.39 is 8.80 Å². The maximum atomic E-state index is 5.99. The van der Waals surface area contributed by atoms with Crippen molar-refractivity contribution in [1.82, 2.24) is 0 Å². The fraction of sp³-hybridized carbons (Fsp3) is 1.00. The minimum absolute atomic E-state index is 0.146. The summed E-state index contributed by atoms with van der Waals surface area (Å²) in [5.74, 6) is 1.19. The van der Waals surface area contributed by atoms with E-state index in [1.54, 1.807) is 0 Å². The van der Waals surface area contributed by atoms with Crippen LogP contribution in [0, 0.1) is 0 Å². The summed E-state index contributed by atoms with van der Waals surface area (Å²) in [4.78, 5) is 0. The van der Waals surface area contributed by atoms with Crippen LogP contribution in [-0.2, 0) is 22.8 Å². The molecule has 1 fully saturated rings. The topological polar surface area (TPSA) is 46.2 Å². The van der Waals surface area contributed by atoms with Crippen LogP contribution >= 0.6 is 11.8 Å². The van der Waals surface area contributed by atoms with Crippen molar-refractivity contribution >= 4 is 20.6 Å². The first-order chi connectivity index (χ1) is 10.7. The van der Waals surface area contributed by atoms with Gasteiger partial charge in [-0.25, -0.2) is 0 Å². The smallest absolute Gasteiger partial charge is 0.374 e. The molecule has 0 bridgehead atoms. The largest absolute Gasteiger partial charge is 0.503 e. The fourth-order valence-electron chi connectivity index (χ4n) is 2.39. The maximum Gasteiger partial charge on any atom is 0.503 e. The van der Waals surface area contributed by atoms with E-state index in [1.807, 2.05) is 32.5 Å². The van der Waals surface area contributed by atoms with E-state index in [-0.39, 0.29) is 11.7 Å². The van der Waals surface area contributed by atoms with Crippen molar-refractivity contribution in [3.63, 3.8) is 0 Å². The van der Waals surface area contributed by atoms with Crippen LogP contribution in [0.15, 0.2) is 0 Å². The van der Waals surface area contributed by atoms with Crippen molar-refractivity contribution in [1.29, 1.82) is 0 Å². The second-order valence-corrected chi connectivity index (χ2v) is 9.02. The van der Waals surface area contributed by atoms with E-state index in [2.05, 4.69) is 6.92 Å². The van der Waals surface area contributed by atoms with Gasteiger partial charge in [-0.1, -0.05) is 6.92 Å². The predicted octanol–water partition coefficient (Wildman–Crippen LogP) is 3.66. The number of hydrogen-bond acceptors (Lipinski definition) is 6. The zero-order chi connectivity index (χ0) is 16.3. The van der Waals surface area contributed by atoms with Crippen molar-refractivity contribution in [2.24, 2.45) is 0 Å². The number of hydrogen-bond donors (Lipinski definition) is 0. The molecule has 1 heterocycles. The summed E-state index contributed by atoms with van der Waals surface area (Å²) in [5, 5.41) is 0. The molecule has 0 aromatic rings. The summed E-state index contributed by atoms with van der Waals surface area (Å²) in [5.41, 5.74) is 0.289. The number of thioether (sulfide) groups is 1. The Kier molecular flexibility index (Phi) is 11.0. The molecule has 0 amide bonds. The van der Waals surface area contributed by atoms with E-state index in [4.69, 9.17) is 22.8 Å². The molecular weight excluding hydrogens is 320 g/mol. The zero-order valence-corrected chi connectivity index (χ0v) is 16.3.